The standard InChI is InChI=1S/C28H24S2/c1-3-21-11-5-7-13-23(21)19-29-27-17-9-16-26-25(27)15-10-18-28(26)30-20-24-14-8-6-12-22(24)4-2/h3-18H,1-2,19-20H2. The molecule has 0 amide bonds. The first-order chi connectivity index (χ1) is 14.8. The van der Waals surface area contributed by atoms with Gasteiger partial charge in [-0.1, -0.05) is 98.1 Å². The van der Waals surface area contributed by atoms with Gasteiger partial charge in [-0.15, -0.1) is 23.5 Å². The van der Waals surface area contributed by atoms with Crippen LogP contribution in [0, 0.1) is 0 Å². The minimum atomic E-state index is 0.936. The lowest BCUT2D eigenvalue weighted by atomic mass is 10.1. The van der Waals surface area contributed by atoms with Gasteiger partial charge in [0.1, 0.15) is 0 Å². The predicted octanol–water partition coefficient (Wildman–Crippen LogP) is 8.71. The van der Waals surface area contributed by atoms with Crippen LogP contribution >= 0.6 is 23.5 Å². The van der Waals surface area contributed by atoms with E-state index in [0.29, 0.717) is 0 Å². The maximum atomic E-state index is 3.95. The summed E-state index contributed by atoms with van der Waals surface area (Å²) in [6, 6.07) is 30.2. The minimum Gasteiger partial charge on any atom is -0.121 e. The minimum absolute atomic E-state index is 0.936. The fraction of sp³-hybridized carbons (Fsp3) is 0.0714. The largest absolute Gasteiger partial charge is 0.121 e. The molecule has 0 N–H and O–H groups in total. The zero-order valence-electron chi connectivity index (χ0n) is 16.9. The molecule has 4 aromatic rings. The van der Waals surface area contributed by atoms with E-state index in [-0.39, 0.29) is 0 Å². The average molecular weight is 425 g/mol. The Labute approximate surface area is 187 Å². The first kappa shape index (κ1) is 20.6. The van der Waals surface area contributed by atoms with Gasteiger partial charge in [-0.2, -0.15) is 0 Å². The van der Waals surface area contributed by atoms with E-state index in [4.69, 9.17) is 0 Å². The summed E-state index contributed by atoms with van der Waals surface area (Å²) in [5, 5.41) is 2.64. The molecule has 0 aliphatic heterocycles. The summed E-state index contributed by atoms with van der Waals surface area (Å²) in [6.45, 7) is 7.90. The van der Waals surface area contributed by atoms with E-state index in [1.54, 1.807) is 0 Å². The molecule has 0 atom stereocenters. The molecule has 0 fully saturated rings. The Morgan fingerprint density at radius 2 is 0.967 bits per heavy atom. The van der Waals surface area contributed by atoms with Crippen LogP contribution in [-0.2, 0) is 11.5 Å². The highest BCUT2D eigenvalue weighted by Gasteiger charge is 2.08. The molecule has 4 aromatic carbocycles. The molecular weight excluding hydrogens is 400 g/mol. The maximum Gasteiger partial charge on any atom is 0.0238 e. The number of fused-ring (bicyclic) bond motifs is 1. The van der Waals surface area contributed by atoms with Crippen LogP contribution in [0.5, 0.6) is 0 Å². The SMILES string of the molecule is C=Cc1ccccc1CSc1cccc2c(SCc3ccccc3C=C)cccc12. The van der Waals surface area contributed by atoms with Crippen molar-refractivity contribution in [2.75, 3.05) is 0 Å². The summed E-state index contributed by atoms with van der Waals surface area (Å²) in [4.78, 5) is 2.64. The van der Waals surface area contributed by atoms with Gasteiger partial charge in [0.15, 0.2) is 0 Å². The Bertz CT molecular complexity index is 1100. The van der Waals surface area contributed by atoms with Crippen LogP contribution in [0.4, 0.5) is 0 Å². The van der Waals surface area contributed by atoms with E-state index in [0.717, 1.165) is 11.5 Å². The van der Waals surface area contributed by atoms with Gasteiger partial charge in [0.25, 0.3) is 0 Å². The predicted molar refractivity (Wildman–Crippen MR) is 136 cm³/mol. The average Bonchev–Trinajstić information content (AvgIpc) is 2.81. The highest BCUT2D eigenvalue weighted by molar-refractivity contribution is 7.99. The molecule has 0 bridgehead atoms. The molecule has 0 spiro atoms. The monoisotopic (exact) mass is 424 g/mol. The van der Waals surface area contributed by atoms with Gasteiger partial charge in [-0.3, -0.25) is 0 Å². The zero-order chi connectivity index (χ0) is 20.8. The molecule has 0 aromatic heterocycles. The lowest BCUT2D eigenvalue weighted by Gasteiger charge is -2.12. The molecule has 148 valence electrons. The van der Waals surface area contributed by atoms with Crippen LogP contribution in [0.1, 0.15) is 22.3 Å². The molecule has 0 unspecified atom stereocenters. The third-order valence-electron chi connectivity index (χ3n) is 5.16. The first-order valence-electron chi connectivity index (χ1n) is 9.98. The lowest BCUT2D eigenvalue weighted by molar-refractivity contribution is 1.37. The Morgan fingerprint density at radius 1 is 0.533 bits per heavy atom. The fourth-order valence-corrected chi connectivity index (χ4v) is 5.71. The number of hydrogen-bond acceptors (Lipinski definition) is 2. The summed E-state index contributed by atoms with van der Waals surface area (Å²) in [6.07, 6.45) is 3.88. The normalized spacial score (nSPS) is 10.8. The van der Waals surface area contributed by atoms with Gasteiger partial charge >= 0.3 is 0 Å². The van der Waals surface area contributed by atoms with Gasteiger partial charge in [-0.25, -0.2) is 0 Å². The summed E-state index contributed by atoms with van der Waals surface area (Å²) in [7, 11) is 0. The highest BCUT2D eigenvalue weighted by atomic mass is 32.2. The zero-order valence-corrected chi connectivity index (χ0v) is 18.5. The van der Waals surface area contributed by atoms with Crippen molar-refractivity contribution in [2.24, 2.45) is 0 Å². The van der Waals surface area contributed by atoms with Crippen LogP contribution in [0.2, 0.25) is 0 Å². The molecule has 0 nitrogen and oxygen atoms in total. The molecule has 0 saturated heterocycles. The molecular formula is C28H24S2. The van der Waals surface area contributed by atoms with Crippen LogP contribution in [0.3, 0.4) is 0 Å². The smallest absolute Gasteiger partial charge is 0.0238 e. The van der Waals surface area contributed by atoms with E-state index in [9.17, 15) is 0 Å². The van der Waals surface area contributed by atoms with Crippen molar-refractivity contribution in [3.63, 3.8) is 0 Å². The van der Waals surface area contributed by atoms with Crippen LogP contribution < -0.4 is 0 Å². The molecule has 0 aliphatic carbocycles. The van der Waals surface area contributed by atoms with Crippen molar-refractivity contribution >= 4 is 46.4 Å². The van der Waals surface area contributed by atoms with Crippen molar-refractivity contribution in [1.29, 1.82) is 0 Å². The molecule has 30 heavy (non-hydrogen) atoms. The van der Waals surface area contributed by atoms with Crippen molar-refractivity contribution in [2.45, 2.75) is 21.3 Å². The second kappa shape index (κ2) is 9.88. The van der Waals surface area contributed by atoms with Gasteiger partial charge in [0, 0.05) is 21.3 Å². The van der Waals surface area contributed by atoms with Crippen molar-refractivity contribution < 1.29 is 0 Å². The Balaban J connectivity index is 1.58. The van der Waals surface area contributed by atoms with Crippen LogP contribution in [0.15, 0.2) is 108 Å². The Kier molecular flexibility index (Phi) is 6.78. The number of thioether (sulfide) groups is 2. The van der Waals surface area contributed by atoms with Gasteiger partial charge in [0.05, 0.1) is 0 Å². The van der Waals surface area contributed by atoms with E-state index < -0.39 is 0 Å². The van der Waals surface area contributed by atoms with Crippen molar-refractivity contribution in [3.05, 3.63) is 120 Å². The summed E-state index contributed by atoms with van der Waals surface area (Å²) in [5.41, 5.74) is 5.06. The van der Waals surface area contributed by atoms with Crippen LogP contribution in [0.25, 0.3) is 22.9 Å². The molecule has 4 rings (SSSR count). The Morgan fingerprint density at radius 3 is 1.40 bits per heavy atom. The quantitative estimate of drug-likeness (QED) is 0.259. The number of rotatable bonds is 8. The topological polar surface area (TPSA) is 0 Å². The summed E-state index contributed by atoms with van der Waals surface area (Å²) in [5.74, 6) is 1.87. The van der Waals surface area contributed by atoms with Crippen LogP contribution in [-0.4, -0.2) is 0 Å². The fourth-order valence-electron chi connectivity index (χ4n) is 3.54. The van der Waals surface area contributed by atoms with Crippen molar-refractivity contribution in [1.82, 2.24) is 0 Å². The first-order valence-corrected chi connectivity index (χ1v) is 12.0. The van der Waals surface area contributed by atoms with Gasteiger partial charge in [0.2, 0.25) is 0 Å². The molecule has 0 aliphatic rings. The lowest BCUT2D eigenvalue weighted by Crippen LogP contribution is -1.88. The second-order valence-electron chi connectivity index (χ2n) is 6.99. The Hall–Kier alpha value is -2.68. The van der Waals surface area contributed by atoms with E-state index in [1.165, 1.54) is 42.8 Å². The van der Waals surface area contributed by atoms with E-state index in [2.05, 4.69) is 98.1 Å². The van der Waals surface area contributed by atoms with E-state index in [1.807, 2.05) is 35.7 Å². The summed E-state index contributed by atoms with van der Waals surface area (Å²) >= 11 is 3.78. The molecule has 0 radical (unpaired) electrons. The third kappa shape index (κ3) is 4.56. The summed E-state index contributed by atoms with van der Waals surface area (Å²) < 4.78 is 0. The molecule has 2 heteroatoms. The number of hydrogen-bond donors (Lipinski definition) is 0. The van der Waals surface area contributed by atoms with E-state index >= 15 is 0 Å². The highest BCUT2D eigenvalue weighted by Crippen LogP contribution is 2.36. The van der Waals surface area contributed by atoms with Gasteiger partial charge < -0.3 is 0 Å². The third-order valence-corrected chi connectivity index (χ3v) is 7.40. The molecule has 0 heterocycles. The number of benzene rings is 4. The van der Waals surface area contributed by atoms with Crippen molar-refractivity contribution in [3.8, 4) is 0 Å². The molecule has 0 saturated carbocycles. The maximum absolute atomic E-state index is 3.95. The second-order valence-corrected chi connectivity index (χ2v) is 9.02. The van der Waals surface area contributed by atoms with Gasteiger partial charge in [-0.05, 0) is 45.2 Å².